The molecule has 0 fully saturated rings. The van der Waals surface area contributed by atoms with E-state index in [1.807, 2.05) is 27.7 Å². The summed E-state index contributed by atoms with van der Waals surface area (Å²) < 4.78 is 0. The van der Waals surface area contributed by atoms with Gasteiger partial charge in [0.15, 0.2) is 5.13 Å². The van der Waals surface area contributed by atoms with E-state index in [0.717, 1.165) is 6.42 Å². The van der Waals surface area contributed by atoms with E-state index < -0.39 is 0 Å². The number of nitrogens with zero attached hydrogens (tertiary/aromatic N) is 2. The molecular weight excluding hydrogens is 471 g/mol. The van der Waals surface area contributed by atoms with Crippen molar-refractivity contribution in [2.75, 3.05) is 18.4 Å². The van der Waals surface area contributed by atoms with E-state index in [0.29, 0.717) is 28.0 Å². The third-order valence-corrected chi connectivity index (χ3v) is 6.08. The van der Waals surface area contributed by atoms with Gasteiger partial charge in [-0.3, -0.25) is 14.4 Å². The van der Waals surface area contributed by atoms with E-state index in [2.05, 4.69) is 15.6 Å². The lowest BCUT2D eigenvalue weighted by molar-refractivity contribution is -0.121. The Balaban J connectivity index is 2.01. The number of anilines is 1. The third-order valence-electron chi connectivity index (χ3n) is 4.53. The summed E-state index contributed by atoms with van der Waals surface area (Å²) in [5.74, 6) is -0.638. The van der Waals surface area contributed by atoms with Crippen LogP contribution in [0.2, 0.25) is 10.0 Å². The number of nitrogens with one attached hydrogen (secondary N) is 2. The van der Waals surface area contributed by atoms with Crippen molar-refractivity contribution in [1.82, 2.24) is 15.2 Å². The normalized spacial score (nSPS) is 11.8. The standard InChI is InChI=1S/C22H28Cl2N4O3S/c1-5-14(4)25-19(29)9-16-12-32-22(26-16)27-20(30)11-28(10-13(2)3)21(31)15-6-7-17(23)18(24)8-15/h6-8,12-14H,5,9-11H2,1-4H3,(H,25,29)(H,26,27,30). The minimum atomic E-state index is -0.371. The molecule has 0 aliphatic heterocycles. The molecule has 2 N–H and O–H groups in total. The predicted octanol–water partition coefficient (Wildman–Crippen LogP) is 4.64. The second-order valence-corrected chi connectivity index (χ2v) is 9.63. The van der Waals surface area contributed by atoms with Crippen LogP contribution in [0.3, 0.4) is 0 Å². The molecule has 1 unspecified atom stereocenters. The van der Waals surface area contributed by atoms with Gasteiger partial charge >= 0.3 is 0 Å². The van der Waals surface area contributed by atoms with Crippen molar-refractivity contribution in [2.45, 2.75) is 46.6 Å². The summed E-state index contributed by atoms with van der Waals surface area (Å²) in [6.07, 6.45) is 0.990. The Bertz CT molecular complexity index is 964. The molecule has 0 bridgehead atoms. The first-order chi connectivity index (χ1) is 15.1. The Morgan fingerprint density at radius 3 is 2.47 bits per heavy atom. The second kappa shape index (κ2) is 12.2. The molecule has 0 saturated heterocycles. The molecule has 1 heterocycles. The summed E-state index contributed by atoms with van der Waals surface area (Å²) in [4.78, 5) is 43.4. The molecule has 1 aromatic carbocycles. The number of hydrogen-bond acceptors (Lipinski definition) is 5. The Kier molecular flexibility index (Phi) is 9.93. The number of hydrogen-bond donors (Lipinski definition) is 2. The summed E-state index contributed by atoms with van der Waals surface area (Å²) in [5, 5.41) is 8.35. The van der Waals surface area contributed by atoms with Gasteiger partial charge in [-0.15, -0.1) is 11.3 Å². The van der Waals surface area contributed by atoms with Gasteiger partial charge in [-0.2, -0.15) is 0 Å². The quantitative estimate of drug-likeness (QED) is 0.498. The van der Waals surface area contributed by atoms with E-state index in [1.165, 1.54) is 22.3 Å². The van der Waals surface area contributed by atoms with Crippen LogP contribution in [0.1, 0.15) is 50.2 Å². The number of aromatic nitrogens is 1. The first-order valence-corrected chi connectivity index (χ1v) is 12.0. The maximum absolute atomic E-state index is 13.0. The van der Waals surface area contributed by atoms with Crippen molar-refractivity contribution >= 4 is 57.4 Å². The highest BCUT2D eigenvalue weighted by atomic mass is 35.5. The molecular formula is C22H28Cl2N4O3S. The van der Waals surface area contributed by atoms with Crippen LogP contribution in [0.5, 0.6) is 0 Å². The second-order valence-electron chi connectivity index (χ2n) is 7.95. The highest BCUT2D eigenvalue weighted by Gasteiger charge is 2.21. The molecule has 0 spiro atoms. The van der Waals surface area contributed by atoms with Gasteiger partial charge in [-0.05, 0) is 37.5 Å². The highest BCUT2D eigenvalue weighted by Crippen LogP contribution is 2.23. The average molecular weight is 499 g/mol. The number of carbonyl (C=O) groups is 3. The maximum atomic E-state index is 13.0. The van der Waals surface area contributed by atoms with Crippen molar-refractivity contribution in [3.63, 3.8) is 0 Å². The monoisotopic (exact) mass is 498 g/mol. The SMILES string of the molecule is CCC(C)NC(=O)Cc1csc(NC(=O)CN(CC(C)C)C(=O)c2ccc(Cl)c(Cl)c2)n1. The van der Waals surface area contributed by atoms with Crippen LogP contribution < -0.4 is 10.6 Å². The number of thiazole rings is 1. The first kappa shape index (κ1) is 26.1. The lowest BCUT2D eigenvalue weighted by Crippen LogP contribution is -2.40. The van der Waals surface area contributed by atoms with Crippen molar-refractivity contribution in [2.24, 2.45) is 5.92 Å². The van der Waals surface area contributed by atoms with Crippen LogP contribution in [0.4, 0.5) is 5.13 Å². The van der Waals surface area contributed by atoms with Gasteiger partial charge in [-0.1, -0.05) is 44.0 Å². The molecule has 0 radical (unpaired) electrons. The summed E-state index contributed by atoms with van der Waals surface area (Å²) in [7, 11) is 0. The number of halogens is 2. The summed E-state index contributed by atoms with van der Waals surface area (Å²) >= 11 is 13.2. The van der Waals surface area contributed by atoms with Crippen LogP contribution in [0, 0.1) is 5.92 Å². The first-order valence-electron chi connectivity index (χ1n) is 10.4. The summed E-state index contributed by atoms with van der Waals surface area (Å²) in [6.45, 7) is 8.12. The Morgan fingerprint density at radius 2 is 1.84 bits per heavy atom. The number of benzene rings is 1. The van der Waals surface area contributed by atoms with Gasteiger partial charge in [-0.25, -0.2) is 4.98 Å². The third kappa shape index (κ3) is 8.07. The fourth-order valence-corrected chi connectivity index (χ4v) is 3.87. The van der Waals surface area contributed by atoms with Crippen molar-refractivity contribution in [3.8, 4) is 0 Å². The lowest BCUT2D eigenvalue weighted by Gasteiger charge is -2.24. The molecule has 7 nitrogen and oxygen atoms in total. The average Bonchev–Trinajstić information content (AvgIpc) is 3.14. The molecule has 174 valence electrons. The maximum Gasteiger partial charge on any atom is 0.254 e. The van der Waals surface area contributed by atoms with E-state index in [-0.39, 0.29) is 47.7 Å². The van der Waals surface area contributed by atoms with E-state index in [9.17, 15) is 14.4 Å². The fraction of sp³-hybridized carbons (Fsp3) is 0.455. The van der Waals surface area contributed by atoms with Gasteiger partial charge in [0.2, 0.25) is 11.8 Å². The highest BCUT2D eigenvalue weighted by molar-refractivity contribution is 7.13. The van der Waals surface area contributed by atoms with Crippen LogP contribution in [0.15, 0.2) is 23.6 Å². The van der Waals surface area contributed by atoms with E-state index >= 15 is 0 Å². The molecule has 1 atom stereocenters. The number of carbonyl (C=O) groups excluding carboxylic acids is 3. The molecule has 0 aliphatic rings. The minimum absolute atomic E-state index is 0.0975. The zero-order valence-corrected chi connectivity index (χ0v) is 20.9. The van der Waals surface area contributed by atoms with Gasteiger partial charge in [0.25, 0.3) is 5.91 Å². The largest absolute Gasteiger partial charge is 0.353 e. The topological polar surface area (TPSA) is 91.4 Å². The molecule has 1 aromatic heterocycles. The van der Waals surface area contributed by atoms with Gasteiger partial charge in [0.1, 0.15) is 6.54 Å². The predicted molar refractivity (Wildman–Crippen MR) is 130 cm³/mol. The molecule has 0 saturated carbocycles. The lowest BCUT2D eigenvalue weighted by atomic mass is 10.1. The Hall–Kier alpha value is -2.16. The molecule has 2 aromatic rings. The molecule has 10 heteroatoms. The minimum Gasteiger partial charge on any atom is -0.353 e. The van der Waals surface area contributed by atoms with Crippen molar-refractivity contribution in [1.29, 1.82) is 0 Å². The zero-order chi connectivity index (χ0) is 23.8. The van der Waals surface area contributed by atoms with Gasteiger partial charge < -0.3 is 15.5 Å². The van der Waals surface area contributed by atoms with Crippen molar-refractivity contribution < 1.29 is 14.4 Å². The van der Waals surface area contributed by atoms with Gasteiger partial charge in [0, 0.05) is 23.5 Å². The Morgan fingerprint density at radius 1 is 1.12 bits per heavy atom. The van der Waals surface area contributed by atoms with E-state index in [1.54, 1.807) is 17.5 Å². The molecule has 2 rings (SSSR count). The molecule has 0 aliphatic carbocycles. The fourth-order valence-electron chi connectivity index (χ4n) is 2.84. The van der Waals surface area contributed by atoms with Crippen LogP contribution >= 0.6 is 34.5 Å². The summed E-state index contributed by atoms with van der Waals surface area (Å²) in [6, 6.07) is 4.73. The summed E-state index contributed by atoms with van der Waals surface area (Å²) in [5.41, 5.74) is 0.939. The Labute approximate surface area is 202 Å². The molecule has 32 heavy (non-hydrogen) atoms. The van der Waals surface area contributed by atoms with Gasteiger partial charge in [0.05, 0.1) is 22.2 Å². The van der Waals surface area contributed by atoms with Crippen LogP contribution in [0.25, 0.3) is 0 Å². The smallest absolute Gasteiger partial charge is 0.254 e. The van der Waals surface area contributed by atoms with Crippen LogP contribution in [-0.2, 0) is 16.0 Å². The molecule has 3 amide bonds. The number of rotatable bonds is 10. The van der Waals surface area contributed by atoms with Crippen molar-refractivity contribution in [3.05, 3.63) is 44.9 Å². The van der Waals surface area contributed by atoms with E-state index in [4.69, 9.17) is 23.2 Å². The zero-order valence-electron chi connectivity index (χ0n) is 18.6. The van der Waals surface area contributed by atoms with Crippen LogP contribution in [-0.4, -0.2) is 46.7 Å². The number of amides is 3.